The second kappa shape index (κ2) is 7.95. The first-order valence-electron chi connectivity index (χ1n) is 8.90. The van der Waals surface area contributed by atoms with Crippen molar-refractivity contribution in [2.45, 2.75) is 40.3 Å². The van der Waals surface area contributed by atoms with Crippen molar-refractivity contribution in [3.63, 3.8) is 0 Å². The van der Waals surface area contributed by atoms with E-state index in [2.05, 4.69) is 53.5 Å². The van der Waals surface area contributed by atoms with E-state index >= 15 is 0 Å². The van der Waals surface area contributed by atoms with Gasteiger partial charge in [-0.15, -0.1) is 5.11 Å². The summed E-state index contributed by atoms with van der Waals surface area (Å²) < 4.78 is 1.97. The van der Waals surface area contributed by atoms with Crippen molar-refractivity contribution in [1.82, 2.24) is 9.78 Å². The van der Waals surface area contributed by atoms with E-state index in [0.29, 0.717) is 6.54 Å². The number of nitrogens with one attached hydrogen (secondary N) is 1. The SMILES string of the molecule is Cc1ccc(N=Nc2c(C)nn(C(C)C)c2NCc2ccccc2)cc1. The standard InChI is InChI=1S/C21H25N5/c1-15(2)26-21(22-14-18-8-6-5-7-9-18)20(17(4)25-26)24-23-19-12-10-16(3)11-13-19/h5-13,15,22H,14H2,1-4H3. The maximum absolute atomic E-state index is 4.65. The molecule has 2 aromatic carbocycles. The van der Waals surface area contributed by atoms with Gasteiger partial charge in [0, 0.05) is 12.6 Å². The first kappa shape index (κ1) is 17.9. The zero-order valence-electron chi connectivity index (χ0n) is 15.8. The molecule has 0 saturated carbocycles. The lowest BCUT2D eigenvalue weighted by atomic mass is 10.2. The minimum atomic E-state index is 0.232. The van der Waals surface area contributed by atoms with E-state index in [9.17, 15) is 0 Å². The predicted octanol–water partition coefficient (Wildman–Crippen LogP) is 6.11. The van der Waals surface area contributed by atoms with Crippen LogP contribution in [0.2, 0.25) is 0 Å². The number of azo groups is 1. The number of benzene rings is 2. The highest BCUT2D eigenvalue weighted by Crippen LogP contribution is 2.33. The van der Waals surface area contributed by atoms with E-state index < -0.39 is 0 Å². The molecular weight excluding hydrogens is 322 g/mol. The van der Waals surface area contributed by atoms with Crippen molar-refractivity contribution in [2.24, 2.45) is 10.2 Å². The second-order valence-electron chi connectivity index (χ2n) is 6.70. The molecule has 1 heterocycles. The monoisotopic (exact) mass is 347 g/mol. The molecule has 0 radical (unpaired) electrons. The molecule has 5 nitrogen and oxygen atoms in total. The molecule has 0 fully saturated rings. The number of nitrogens with zero attached hydrogens (tertiary/aromatic N) is 4. The molecule has 0 aliphatic carbocycles. The average molecular weight is 347 g/mol. The van der Waals surface area contributed by atoms with Crippen molar-refractivity contribution in [1.29, 1.82) is 0 Å². The predicted molar refractivity (Wildman–Crippen MR) is 106 cm³/mol. The highest BCUT2D eigenvalue weighted by atomic mass is 15.4. The normalized spacial score (nSPS) is 11.4. The first-order valence-corrected chi connectivity index (χ1v) is 8.90. The van der Waals surface area contributed by atoms with Crippen molar-refractivity contribution < 1.29 is 0 Å². The van der Waals surface area contributed by atoms with Gasteiger partial charge in [0.15, 0.2) is 11.5 Å². The molecule has 26 heavy (non-hydrogen) atoms. The molecule has 0 spiro atoms. The van der Waals surface area contributed by atoms with E-state index in [1.54, 1.807) is 0 Å². The van der Waals surface area contributed by atoms with Gasteiger partial charge < -0.3 is 5.32 Å². The lowest BCUT2D eigenvalue weighted by molar-refractivity contribution is 0.534. The summed E-state index contributed by atoms with van der Waals surface area (Å²) in [6, 6.07) is 18.5. The lowest BCUT2D eigenvalue weighted by Gasteiger charge is -2.13. The second-order valence-corrected chi connectivity index (χ2v) is 6.70. The number of hydrogen-bond donors (Lipinski definition) is 1. The third-order valence-electron chi connectivity index (χ3n) is 4.15. The van der Waals surface area contributed by atoms with Crippen LogP contribution in [0.4, 0.5) is 17.2 Å². The van der Waals surface area contributed by atoms with Gasteiger partial charge in [0.25, 0.3) is 0 Å². The Balaban J connectivity index is 1.89. The van der Waals surface area contributed by atoms with Gasteiger partial charge in [-0.1, -0.05) is 48.0 Å². The van der Waals surface area contributed by atoms with E-state index in [1.165, 1.54) is 11.1 Å². The van der Waals surface area contributed by atoms with Crippen LogP contribution in [-0.4, -0.2) is 9.78 Å². The van der Waals surface area contributed by atoms with Crippen molar-refractivity contribution in [3.05, 3.63) is 71.4 Å². The minimum Gasteiger partial charge on any atom is -0.364 e. The molecule has 0 amide bonds. The van der Waals surface area contributed by atoms with E-state index in [4.69, 9.17) is 0 Å². The van der Waals surface area contributed by atoms with Gasteiger partial charge in [0.2, 0.25) is 0 Å². The summed E-state index contributed by atoms with van der Waals surface area (Å²) in [4.78, 5) is 0. The summed E-state index contributed by atoms with van der Waals surface area (Å²) in [6.45, 7) is 8.97. The molecule has 3 rings (SSSR count). The molecule has 1 aromatic heterocycles. The summed E-state index contributed by atoms with van der Waals surface area (Å²) >= 11 is 0. The van der Waals surface area contributed by atoms with Gasteiger partial charge in [-0.2, -0.15) is 10.2 Å². The Morgan fingerprint density at radius 1 is 0.962 bits per heavy atom. The third kappa shape index (κ3) is 4.17. The maximum Gasteiger partial charge on any atom is 0.153 e. The lowest BCUT2D eigenvalue weighted by Crippen LogP contribution is -2.10. The molecule has 0 saturated heterocycles. The van der Waals surface area contributed by atoms with Crippen molar-refractivity contribution in [2.75, 3.05) is 5.32 Å². The summed E-state index contributed by atoms with van der Waals surface area (Å²) in [6.07, 6.45) is 0. The number of aromatic nitrogens is 2. The quantitative estimate of drug-likeness (QED) is 0.547. The fourth-order valence-electron chi connectivity index (χ4n) is 2.70. The van der Waals surface area contributed by atoms with Crippen LogP contribution in [0.1, 0.15) is 36.7 Å². The molecule has 0 unspecified atom stereocenters. The van der Waals surface area contributed by atoms with E-state index in [-0.39, 0.29) is 6.04 Å². The van der Waals surface area contributed by atoms with E-state index in [1.807, 2.05) is 54.1 Å². The smallest absolute Gasteiger partial charge is 0.153 e. The van der Waals surface area contributed by atoms with Crippen LogP contribution in [0.15, 0.2) is 64.8 Å². The Hall–Kier alpha value is -2.95. The number of hydrogen-bond acceptors (Lipinski definition) is 4. The Labute approximate surface area is 154 Å². The summed E-state index contributed by atoms with van der Waals surface area (Å²) in [5.74, 6) is 0.900. The van der Waals surface area contributed by atoms with Gasteiger partial charge >= 0.3 is 0 Å². The zero-order valence-corrected chi connectivity index (χ0v) is 15.8. The molecule has 0 atom stereocenters. The topological polar surface area (TPSA) is 54.6 Å². The summed E-state index contributed by atoms with van der Waals surface area (Å²) in [5, 5.41) is 17.0. The Bertz CT molecular complexity index is 877. The average Bonchev–Trinajstić information content (AvgIpc) is 2.96. The molecule has 0 aliphatic rings. The largest absolute Gasteiger partial charge is 0.364 e. The highest BCUT2D eigenvalue weighted by Gasteiger charge is 2.17. The summed E-state index contributed by atoms with van der Waals surface area (Å²) in [7, 11) is 0. The highest BCUT2D eigenvalue weighted by molar-refractivity contribution is 5.64. The van der Waals surface area contributed by atoms with Gasteiger partial charge in [0.1, 0.15) is 0 Å². The molecule has 5 heteroatoms. The van der Waals surface area contributed by atoms with Crippen molar-refractivity contribution in [3.8, 4) is 0 Å². The Kier molecular flexibility index (Phi) is 5.46. The van der Waals surface area contributed by atoms with Crippen molar-refractivity contribution >= 4 is 17.2 Å². The molecule has 3 aromatic rings. The van der Waals surface area contributed by atoms with Crippen LogP contribution in [0, 0.1) is 13.8 Å². The molecule has 1 N–H and O–H groups in total. The van der Waals surface area contributed by atoms with Gasteiger partial charge in [0.05, 0.1) is 11.4 Å². The number of aryl methyl sites for hydroxylation is 2. The van der Waals surface area contributed by atoms with Crippen LogP contribution in [0.25, 0.3) is 0 Å². The van der Waals surface area contributed by atoms with Crippen LogP contribution < -0.4 is 5.32 Å². The molecule has 134 valence electrons. The van der Waals surface area contributed by atoms with E-state index in [0.717, 1.165) is 22.9 Å². The van der Waals surface area contributed by atoms with Gasteiger partial charge in [-0.3, -0.25) is 0 Å². The van der Waals surface area contributed by atoms with Crippen LogP contribution >= 0.6 is 0 Å². The first-order chi connectivity index (χ1) is 12.5. The van der Waals surface area contributed by atoms with Gasteiger partial charge in [-0.05, 0) is 45.4 Å². The number of anilines is 1. The minimum absolute atomic E-state index is 0.232. The Morgan fingerprint density at radius 3 is 2.31 bits per heavy atom. The summed E-state index contributed by atoms with van der Waals surface area (Å²) in [5.41, 5.74) is 4.91. The number of rotatable bonds is 6. The molecular formula is C21H25N5. The van der Waals surface area contributed by atoms with Crippen LogP contribution in [-0.2, 0) is 6.54 Å². The fraction of sp³-hybridized carbons (Fsp3) is 0.286. The van der Waals surface area contributed by atoms with Crippen LogP contribution in [0.5, 0.6) is 0 Å². The molecule has 0 aliphatic heterocycles. The zero-order chi connectivity index (χ0) is 18.5. The van der Waals surface area contributed by atoms with Crippen LogP contribution in [0.3, 0.4) is 0 Å². The third-order valence-corrected chi connectivity index (χ3v) is 4.15. The maximum atomic E-state index is 4.65. The fourth-order valence-corrected chi connectivity index (χ4v) is 2.70. The Morgan fingerprint density at radius 2 is 1.65 bits per heavy atom. The molecule has 0 bridgehead atoms. The van der Waals surface area contributed by atoms with Gasteiger partial charge in [-0.25, -0.2) is 4.68 Å².